The molecule has 3 N–H and O–H groups in total. The molecule has 0 radical (unpaired) electrons. The minimum atomic E-state index is -1.12. The molecule has 1 aromatic carbocycles. The lowest BCUT2D eigenvalue weighted by molar-refractivity contribution is 0.0500. The van der Waals surface area contributed by atoms with Crippen molar-refractivity contribution in [2.45, 2.75) is 68.0 Å². The molecule has 2 aromatic rings. The van der Waals surface area contributed by atoms with Crippen molar-refractivity contribution in [1.29, 1.82) is 5.26 Å². The van der Waals surface area contributed by atoms with Crippen LogP contribution in [0.1, 0.15) is 45.1 Å². The van der Waals surface area contributed by atoms with Crippen LogP contribution >= 0.6 is 0 Å². The third kappa shape index (κ3) is 5.50. The van der Waals surface area contributed by atoms with E-state index in [1.54, 1.807) is 49.6 Å². The Hall–Kier alpha value is -2.70. The Morgan fingerprint density at radius 2 is 2.06 bits per heavy atom. The Balaban J connectivity index is 1.49. The number of aliphatic hydroxyl groups is 1. The molecule has 3 heterocycles. The molecule has 2 atom stereocenters. The molecule has 13 heteroatoms. The summed E-state index contributed by atoms with van der Waals surface area (Å²) in [6, 6.07) is 7.78. The van der Waals surface area contributed by atoms with E-state index in [-0.39, 0.29) is 23.3 Å². The van der Waals surface area contributed by atoms with E-state index in [9.17, 15) is 14.8 Å². The van der Waals surface area contributed by atoms with Crippen LogP contribution in [0.2, 0.25) is 0 Å². The lowest BCUT2D eigenvalue weighted by Gasteiger charge is -2.47. The molecule has 186 valence electrons. The highest BCUT2D eigenvalue weighted by Gasteiger charge is 2.43. The number of ether oxygens (including phenoxy) is 1. The Bertz CT molecular complexity index is 1170. The van der Waals surface area contributed by atoms with Crippen LogP contribution in [0.5, 0.6) is 5.75 Å². The SMILES string of the molecule is BC(B)(O)C(B)(B)Oc1ccc(Nc2ncc(F)c(N[C@@H]3C[C@@H]4CCCN4C(C)(C)C3)n2)cc1C#N. The van der Waals surface area contributed by atoms with Crippen molar-refractivity contribution in [3.63, 3.8) is 0 Å². The molecule has 1 aromatic heterocycles. The van der Waals surface area contributed by atoms with Crippen molar-refractivity contribution in [2.24, 2.45) is 0 Å². The quantitative estimate of drug-likeness (QED) is 0.439. The molecule has 2 aliphatic heterocycles. The fourth-order valence-corrected chi connectivity index (χ4v) is 5.15. The highest BCUT2D eigenvalue weighted by atomic mass is 19.1. The van der Waals surface area contributed by atoms with Gasteiger partial charge in [-0.1, -0.05) is 0 Å². The van der Waals surface area contributed by atoms with Crippen LogP contribution in [0.15, 0.2) is 24.4 Å². The number of benzene rings is 1. The van der Waals surface area contributed by atoms with Crippen LogP contribution in [0.25, 0.3) is 0 Å². The number of nitriles is 1. The molecule has 2 fully saturated rings. The number of rotatable bonds is 7. The summed E-state index contributed by atoms with van der Waals surface area (Å²) in [7, 11) is 6.84. The fraction of sp³-hybridized carbons (Fsp3) is 0.522. The van der Waals surface area contributed by atoms with Crippen LogP contribution in [-0.4, -0.2) is 86.3 Å². The number of nitrogens with zero attached hydrogens (tertiary/aromatic N) is 4. The minimum absolute atomic E-state index is 0.0546. The summed E-state index contributed by atoms with van der Waals surface area (Å²) < 4.78 is 20.6. The normalized spacial score (nSPS) is 21.9. The highest BCUT2D eigenvalue weighted by Crippen LogP contribution is 2.38. The number of halogens is 1. The summed E-state index contributed by atoms with van der Waals surface area (Å²) in [5.41, 5.74) is 0.917. The molecule has 4 rings (SSSR count). The third-order valence-corrected chi connectivity index (χ3v) is 7.74. The molecular weight excluding hydrogens is 455 g/mol. The fourth-order valence-electron chi connectivity index (χ4n) is 5.15. The molecule has 36 heavy (non-hydrogen) atoms. The van der Waals surface area contributed by atoms with Gasteiger partial charge in [0.25, 0.3) is 0 Å². The van der Waals surface area contributed by atoms with Gasteiger partial charge in [-0.3, -0.25) is 4.90 Å². The summed E-state index contributed by atoms with van der Waals surface area (Å²) in [6.07, 6.45) is 5.41. The van der Waals surface area contributed by atoms with Gasteiger partial charge < -0.3 is 20.5 Å². The predicted molar refractivity (Wildman–Crippen MR) is 149 cm³/mol. The number of anilines is 3. The zero-order chi connectivity index (χ0) is 26.3. The lowest BCUT2D eigenvalue weighted by Crippen LogP contribution is -2.60. The lowest BCUT2D eigenvalue weighted by atomic mass is 9.42. The monoisotopic (exact) mass is 488 g/mol. The van der Waals surface area contributed by atoms with E-state index in [1.807, 2.05) is 0 Å². The van der Waals surface area contributed by atoms with Gasteiger partial charge in [0, 0.05) is 28.7 Å². The maximum Gasteiger partial charge on any atom is 0.229 e. The van der Waals surface area contributed by atoms with Crippen molar-refractivity contribution < 1.29 is 14.2 Å². The topological polar surface area (TPSA) is 106 Å². The van der Waals surface area contributed by atoms with Crippen LogP contribution in [0.3, 0.4) is 0 Å². The first-order valence-electron chi connectivity index (χ1n) is 12.6. The molecule has 0 saturated carbocycles. The Morgan fingerprint density at radius 1 is 1.31 bits per heavy atom. The molecule has 0 amide bonds. The van der Waals surface area contributed by atoms with Crippen molar-refractivity contribution >= 4 is 48.8 Å². The number of hydrogen-bond donors (Lipinski definition) is 3. The van der Waals surface area contributed by atoms with Gasteiger partial charge in [-0.15, -0.1) is 0 Å². The van der Waals surface area contributed by atoms with E-state index >= 15 is 0 Å². The van der Waals surface area contributed by atoms with Gasteiger partial charge in [-0.2, -0.15) is 10.2 Å². The van der Waals surface area contributed by atoms with E-state index in [2.05, 4.69) is 45.4 Å². The van der Waals surface area contributed by atoms with E-state index in [0.29, 0.717) is 23.0 Å². The van der Waals surface area contributed by atoms with E-state index in [4.69, 9.17) is 4.74 Å². The number of piperidine rings is 1. The van der Waals surface area contributed by atoms with Gasteiger partial charge in [-0.05, 0) is 64.3 Å². The summed E-state index contributed by atoms with van der Waals surface area (Å²) in [4.78, 5) is 11.1. The number of fused-ring (bicyclic) bond motifs is 1. The van der Waals surface area contributed by atoms with Crippen molar-refractivity contribution in [2.75, 3.05) is 17.2 Å². The second-order valence-corrected chi connectivity index (χ2v) is 11.6. The van der Waals surface area contributed by atoms with E-state index in [1.165, 1.54) is 12.8 Å². The summed E-state index contributed by atoms with van der Waals surface area (Å²) in [6.45, 7) is 5.64. The smallest absolute Gasteiger partial charge is 0.229 e. The molecular formula is C23H33B4FN6O2. The van der Waals surface area contributed by atoms with Crippen LogP contribution < -0.4 is 15.4 Å². The van der Waals surface area contributed by atoms with Crippen LogP contribution in [0.4, 0.5) is 21.8 Å². The second-order valence-electron chi connectivity index (χ2n) is 11.6. The van der Waals surface area contributed by atoms with Crippen molar-refractivity contribution in [1.82, 2.24) is 14.9 Å². The largest absolute Gasteiger partial charge is 0.503 e. The summed E-state index contributed by atoms with van der Waals surface area (Å²) >= 11 is 0. The third-order valence-electron chi connectivity index (χ3n) is 7.74. The zero-order valence-electron chi connectivity index (χ0n) is 22.0. The van der Waals surface area contributed by atoms with E-state index < -0.39 is 16.6 Å². The number of nitrogens with one attached hydrogen (secondary N) is 2. The maximum atomic E-state index is 14.6. The molecule has 0 aliphatic carbocycles. The van der Waals surface area contributed by atoms with Crippen LogP contribution in [0, 0.1) is 17.1 Å². The molecule has 0 bridgehead atoms. The van der Waals surface area contributed by atoms with Gasteiger partial charge in [0.05, 0.1) is 17.2 Å². The first-order chi connectivity index (χ1) is 16.8. The molecule has 0 spiro atoms. The van der Waals surface area contributed by atoms with Gasteiger partial charge >= 0.3 is 0 Å². The first-order valence-corrected chi connectivity index (χ1v) is 12.6. The first kappa shape index (κ1) is 26.4. The summed E-state index contributed by atoms with van der Waals surface area (Å²) in [5.74, 6) is 0.263. The Morgan fingerprint density at radius 3 is 2.75 bits per heavy atom. The van der Waals surface area contributed by atoms with Gasteiger partial charge in [-0.25, -0.2) is 9.37 Å². The minimum Gasteiger partial charge on any atom is -0.503 e. The number of hydrogen-bond acceptors (Lipinski definition) is 8. The Labute approximate surface area is 216 Å². The van der Waals surface area contributed by atoms with Gasteiger partial charge in [0.1, 0.15) is 43.2 Å². The molecule has 2 saturated heterocycles. The van der Waals surface area contributed by atoms with Gasteiger partial charge in [0.2, 0.25) is 5.95 Å². The van der Waals surface area contributed by atoms with Crippen molar-refractivity contribution in [3.8, 4) is 11.8 Å². The number of aromatic nitrogens is 2. The van der Waals surface area contributed by atoms with Gasteiger partial charge in [0.15, 0.2) is 11.6 Å². The maximum absolute atomic E-state index is 14.6. The molecule has 0 unspecified atom stereocenters. The zero-order valence-corrected chi connectivity index (χ0v) is 22.0. The standard InChI is InChI=1S/C23H33B4FN6O2/c1-21(2)10-15(9-16-4-3-7-34(16)21)31-19-17(28)12-30-20(33-19)32-14-5-6-18(13(8-14)11-29)36-23(26,27)22(24,25)35/h5-6,8,12,15-16,35H,3-4,7,9-10,24-27H2,1-2H3,(H2,30,31,32,33)/t15-,16+/m1/s1. The van der Waals surface area contributed by atoms with Crippen LogP contribution in [-0.2, 0) is 0 Å². The predicted octanol–water partition coefficient (Wildman–Crippen LogP) is -0.741. The summed E-state index contributed by atoms with van der Waals surface area (Å²) in [5, 5.41) is 24.4. The average Bonchev–Trinajstić information content (AvgIpc) is 3.25. The van der Waals surface area contributed by atoms with E-state index in [0.717, 1.165) is 25.6 Å². The van der Waals surface area contributed by atoms with Crippen molar-refractivity contribution in [3.05, 3.63) is 35.8 Å². The molecule has 2 aliphatic rings. The average molecular weight is 488 g/mol. The second kappa shape index (κ2) is 9.64. The highest BCUT2D eigenvalue weighted by molar-refractivity contribution is 6.53. The Kier molecular flexibility index (Phi) is 7.06. The molecule has 8 nitrogen and oxygen atoms in total.